The minimum absolute atomic E-state index is 0.316. The molecule has 0 fully saturated rings. The Bertz CT molecular complexity index is 305. The van der Waals surface area contributed by atoms with Gasteiger partial charge in [0.05, 0.1) is 7.11 Å². The molecule has 0 saturated heterocycles. The number of halogens is 3. The van der Waals surface area contributed by atoms with Crippen LogP contribution in [0.4, 0.5) is 8.78 Å². The van der Waals surface area contributed by atoms with E-state index in [0.29, 0.717) is 11.5 Å². The fourth-order valence-electron chi connectivity index (χ4n) is 0.913. The predicted molar refractivity (Wildman–Crippen MR) is 52.2 cm³/mol. The first-order valence-corrected chi connectivity index (χ1v) is 4.67. The molecule has 0 heterocycles. The summed E-state index contributed by atoms with van der Waals surface area (Å²) in [6, 6.07) is 4.93. The van der Waals surface area contributed by atoms with Crippen LogP contribution in [0.3, 0.4) is 0 Å². The van der Waals surface area contributed by atoms with Crippen LogP contribution in [0.15, 0.2) is 22.7 Å². The van der Waals surface area contributed by atoms with Crippen LogP contribution in [0.1, 0.15) is 0 Å². The molecule has 2 nitrogen and oxygen atoms in total. The molecule has 0 aliphatic carbocycles. The summed E-state index contributed by atoms with van der Waals surface area (Å²) in [4.78, 5) is 0. The van der Waals surface area contributed by atoms with Crippen LogP contribution in [-0.2, 0) is 0 Å². The van der Waals surface area contributed by atoms with Crippen molar-refractivity contribution in [2.75, 3.05) is 13.7 Å². The highest BCUT2D eigenvalue weighted by Gasteiger charge is 2.08. The highest BCUT2D eigenvalue weighted by atomic mass is 79.9. The van der Waals surface area contributed by atoms with Gasteiger partial charge in [0.15, 0.2) is 11.5 Å². The lowest BCUT2D eigenvalue weighted by Crippen LogP contribution is -2.07. The molecule has 78 valence electrons. The number of methoxy groups -OCH3 is 1. The minimum atomic E-state index is -2.48. The highest BCUT2D eigenvalue weighted by Crippen LogP contribution is 2.30. The zero-order valence-corrected chi connectivity index (χ0v) is 9.05. The lowest BCUT2D eigenvalue weighted by molar-refractivity contribution is 0.0804. The average molecular weight is 267 g/mol. The third kappa shape index (κ3) is 3.14. The number of alkyl halides is 2. The van der Waals surface area contributed by atoms with Crippen LogP contribution in [0, 0.1) is 0 Å². The first-order valence-electron chi connectivity index (χ1n) is 3.88. The fourth-order valence-corrected chi connectivity index (χ4v) is 1.25. The van der Waals surface area contributed by atoms with Crippen LogP contribution in [0.2, 0.25) is 0 Å². The number of rotatable bonds is 4. The summed E-state index contributed by atoms with van der Waals surface area (Å²) >= 11 is 3.23. The molecule has 0 bridgehead atoms. The molecule has 1 rings (SSSR count). The van der Waals surface area contributed by atoms with Gasteiger partial charge in [0.1, 0.15) is 6.61 Å². The topological polar surface area (TPSA) is 18.5 Å². The molecule has 0 unspecified atom stereocenters. The van der Waals surface area contributed by atoms with E-state index >= 15 is 0 Å². The van der Waals surface area contributed by atoms with Crippen molar-refractivity contribution in [3.63, 3.8) is 0 Å². The molecule has 0 N–H and O–H groups in total. The molecule has 5 heteroatoms. The van der Waals surface area contributed by atoms with E-state index in [-0.39, 0.29) is 0 Å². The molecule has 0 atom stereocenters. The second-order valence-corrected chi connectivity index (χ2v) is 3.41. The van der Waals surface area contributed by atoms with Crippen LogP contribution in [-0.4, -0.2) is 20.1 Å². The molecular formula is C9H9BrF2O2. The molecule has 0 aliphatic heterocycles. The largest absolute Gasteiger partial charge is 0.493 e. The predicted octanol–water partition coefficient (Wildman–Crippen LogP) is 3.10. The van der Waals surface area contributed by atoms with Gasteiger partial charge >= 0.3 is 0 Å². The van der Waals surface area contributed by atoms with Gasteiger partial charge in [-0.1, -0.05) is 15.9 Å². The van der Waals surface area contributed by atoms with Gasteiger partial charge in [0.2, 0.25) is 0 Å². The first-order chi connectivity index (χ1) is 6.63. The van der Waals surface area contributed by atoms with Gasteiger partial charge in [-0.05, 0) is 18.2 Å². The Morgan fingerprint density at radius 3 is 2.64 bits per heavy atom. The van der Waals surface area contributed by atoms with Crippen molar-refractivity contribution in [2.45, 2.75) is 6.43 Å². The Hall–Kier alpha value is -0.840. The van der Waals surface area contributed by atoms with E-state index < -0.39 is 13.0 Å². The maximum Gasteiger partial charge on any atom is 0.272 e. The summed E-state index contributed by atoms with van der Waals surface area (Å²) in [5.74, 6) is 0.746. The van der Waals surface area contributed by atoms with Gasteiger partial charge in [0.25, 0.3) is 6.43 Å². The van der Waals surface area contributed by atoms with Crippen molar-refractivity contribution in [1.82, 2.24) is 0 Å². The number of ether oxygens (including phenoxy) is 2. The monoisotopic (exact) mass is 266 g/mol. The molecule has 0 radical (unpaired) electrons. The molecule has 1 aromatic rings. The van der Waals surface area contributed by atoms with Gasteiger partial charge in [-0.2, -0.15) is 0 Å². The SMILES string of the molecule is COc1cc(Br)ccc1OCC(F)F. The Balaban J connectivity index is 2.75. The fraction of sp³-hybridized carbons (Fsp3) is 0.333. The summed E-state index contributed by atoms with van der Waals surface area (Å²) in [6.45, 7) is -0.627. The van der Waals surface area contributed by atoms with E-state index in [1.165, 1.54) is 7.11 Å². The van der Waals surface area contributed by atoms with Crippen molar-refractivity contribution in [1.29, 1.82) is 0 Å². The molecule has 1 aromatic carbocycles. The van der Waals surface area contributed by atoms with Crippen LogP contribution in [0.5, 0.6) is 11.5 Å². The summed E-state index contributed by atoms with van der Waals surface area (Å²) in [5, 5.41) is 0. The molecule has 0 saturated carbocycles. The van der Waals surface area contributed by atoms with Gasteiger partial charge in [-0.3, -0.25) is 0 Å². The second-order valence-electron chi connectivity index (χ2n) is 2.50. The lowest BCUT2D eigenvalue weighted by Gasteiger charge is -2.10. The summed E-state index contributed by atoms with van der Waals surface area (Å²) in [5.41, 5.74) is 0. The Labute approximate surface area is 89.0 Å². The first kappa shape index (κ1) is 11.2. The van der Waals surface area contributed by atoms with Gasteiger partial charge in [-0.15, -0.1) is 0 Å². The van der Waals surface area contributed by atoms with E-state index in [1.807, 2.05) is 0 Å². The van der Waals surface area contributed by atoms with Crippen molar-refractivity contribution < 1.29 is 18.3 Å². The third-order valence-electron chi connectivity index (χ3n) is 1.49. The van der Waals surface area contributed by atoms with Crippen LogP contribution >= 0.6 is 15.9 Å². The van der Waals surface area contributed by atoms with Crippen LogP contribution < -0.4 is 9.47 Å². The average Bonchev–Trinajstić information content (AvgIpc) is 2.15. The summed E-state index contributed by atoms with van der Waals surface area (Å²) < 4.78 is 34.3. The van der Waals surface area contributed by atoms with Gasteiger partial charge < -0.3 is 9.47 Å². The molecule has 0 amide bonds. The summed E-state index contributed by atoms with van der Waals surface area (Å²) in [7, 11) is 1.46. The highest BCUT2D eigenvalue weighted by molar-refractivity contribution is 9.10. The van der Waals surface area contributed by atoms with E-state index in [2.05, 4.69) is 15.9 Å². The van der Waals surface area contributed by atoms with Crippen molar-refractivity contribution in [3.05, 3.63) is 22.7 Å². The molecule has 0 aliphatic rings. The smallest absolute Gasteiger partial charge is 0.272 e. The third-order valence-corrected chi connectivity index (χ3v) is 1.98. The minimum Gasteiger partial charge on any atom is -0.493 e. The Morgan fingerprint density at radius 2 is 2.07 bits per heavy atom. The molecule has 14 heavy (non-hydrogen) atoms. The number of hydrogen-bond acceptors (Lipinski definition) is 2. The molecule has 0 aromatic heterocycles. The zero-order chi connectivity index (χ0) is 10.6. The quantitative estimate of drug-likeness (QED) is 0.834. The molecular weight excluding hydrogens is 258 g/mol. The van der Waals surface area contributed by atoms with Crippen molar-refractivity contribution in [2.24, 2.45) is 0 Å². The van der Waals surface area contributed by atoms with Crippen molar-refractivity contribution in [3.8, 4) is 11.5 Å². The van der Waals surface area contributed by atoms with Gasteiger partial charge in [0, 0.05) is 4.47 Å². The Kier molecular flexibility index (Phi) is 4.13. The Morgan fingerprint density at radius 1 is 1.36 bits per heavy atom. The number of benzene rings is 1. The standard InChI is InChI=1S/C9H9BrF2O2/c1-13-8-4-6(10)2-3-7(8)14-5-9(11)12/h2-4,9H,5H2,1H3. The second kappa shape index (κ2) is 5.14. The van der Waals surface area contributed by atoms with E-state index in [0.717, 1.165) is 4.47 Å². The lowest BCUT2D eigenvalue weighted by atomic mass is 10.3. The molecule has 0 spiro atoms. The maximum absolute atomic E-state index is 11.9. The maximum atomic E-state index is 11.9. The van der Waals surface area contributed by atoms with E-state index in [9.17, 15) is 8.78 Å². The summed E-state index contributed by atoms with van der Waals surface area (Å²) in [6.07, 6.45) is -2.48. The normalized spacial score (nSPS) is 10.4. The van der Waals surface area contributed by atoms with E-state index in [4.69, 9.17) is 9.47 Å². The van der Waals surface area contributed by atoms with E-state index in [1.54, 1.807) is 18.2 Å². The van der Waals surface area contributed by atoms with Crippen LogP contribution in [0.25, 0.3) is 0 Å². The van der Waals surface area contributed by atoms with Gasteiger partial charge in [-0.25, -0.2) is 8.78 Å². The van der Waals surface area contributed by atoms with Crippen molar-refractivity contribution >= 4 is 15.9 Å². The zero-order valence-electron chi connectivity index (χ0n) is 7.47. The number of hydrogen-bond donors (Lipinski definition) is 0.